The van der Waals surface area contributed by atoms with Gasteiger partial charge in [0.2, 0.25) is 0 Å². The van der Waals surface area contributed by atoms with Crippen molar-refractivity contribution in [1.82, 2.24) is 0 Å². The van der Waals surface area contributed by atoms with E-state index in [1.54, 1.807) is 19.2 Å². The van der Waals surface area contributed by atoms with Crippen molar-refractivity contribution >= 4 is 17.5 Å². The van der Waals surface area contributed by atoms with Crippen LogP contribution in [0.1, 0.15) is 25.0 Å². The first-order valence-electron chi connectivity index (χ1n) is 8.93. The number of nitrogens with zero attached hydrogens (tertiary/aromatic N) is 2. The molecule has 2 aromatic rings. The van der Waals surface area contributed by atoms with Crippen LogP contribution in [-0.2, 0) is 10.2 Å². The molecule has 0 aliphatic carbocycles. The molecule has 1 saturated heterocycles. The van der Waals surface area contributed by atoms with E-state index in [0.717, 1.165) is 23.5 Å². The first kappa shape index (κ1) is 17.5. The summed E-state index contributed by atoms with van der Waals surface area (Å²) in [5.74, 6) is 0.831. The Kier molecular flexibility index (Phi) is 3.96. The zero-order valence-electron chi connectivity index (χ0n) is 15.6. The molecule has 6 heteroatoms. The number of fused-ring (bicyclic) bond motifs is 3. The van der Waals surface area contributed by atoms with Gasteiger partial charge in [0.25, 0.3) is 5.69 Å². The minimum atomic E-state index is -0.594. The van der Waals surface area contributed by atoms with Crippen molar-refractivity contribution in [2.24, 2.45) is 0 Å². The van der Waals surface area contributed by atoms with Crippen LogP contribution in [-0.4, -0.2) is 30.9 Å². The molecular weight excluding hydrogens is 344 g/mol. The molecule has 1 unspecified atom stereocenters. The Bertz CT molecular complexity index is 920. The molecule has 2 heterocycles. The molecule has 6 nitrogen and oxygen atoms in total. The van der Waals surface area contributed by atoms with Crippen molar-refractivity contribution in [1.29, 1.82) is 0 Å². The Hall–Kier alpha value is -2.86. The van der Waals surface area contributed by atoms with E-state index in [1.807, 2.05) is 12.1 Å². The van der Waals surface area contributed by atoms with Gasteiger partial charge >= 0.3 is 0 Å². The number of anilines is 1. The van der Waals surface area contributed by atoms with E-state index in [1.165, 1.54) is 17.7 Å². The van der Waals surface area contributed by atoms with Crippen molar-refractivity contribution in [3.63, 3.8) is 0 Å². The molecule has 0 bridgehead atoms. The summed E-state index contributed by atoms with van der Waals surface area (Å²) in [6, 6.07) is 12.7. The zero-order valence-corrected chi connectivity index (χ0v) is 15.6. The van der Waals surface area contributed by atoms with E-state index in [4.69, 9.17) is 9.47 Å². The summed E-state index contributed by atoms with van der Waals surface area (Å²) in [6.07, 6.45) is 4.06. The van der Waals surface area contributed by atoms with Crippen LogP contribution in [0.15, 0.2) is 48.5 Å². The van der Waals surface area contributed by atoms with Gasteiger partial charge in [0.1, 0.15) is 5.75 Å². The van der Waals surface area contributed by atoms with Crippen LogP contribution in [0, 0.1) is 10.1 Å². The van der Waals surface area contributed by atoms with Gasteiger partial charge in [-0.15, -0.1) is 0 Å². The number of hydrogen-bond acceptors (Lipinski definition) is 5. The van der Waals surface area contributed by atoms with Gasteiger partial charge in [0, 0.05) is 29.8 Å². The highest BCUT2D eigenvalue weighted by atomic mass is 16.6. The molecule has 0 aromatic heterocycles. The molecule has 4 rings (SSSR count). The molecular formula is C21H22N2O4. The summed E-state index contributed by atoms with van der Waals surface area (Å²) >= 11 is 0. The number of nitro groups is 1. The average molecular weight is 366 g/mol. The van der Waals surface area contributed by atoms with Crippen molar-refractivity contribution in [3.05, 3.63) is 69.8 Å². The molecule has 1 atom stereocenters. The molecule has 0 radical (unpaired) electrons. The number of hydrogen-bond donors (Lipinski definition) is 0. The summed E-state index contributed by atoms with van der Waals surface area (Å²) in [4.78, 5) is 12.7. The molecule has 0 amide bonds. The van der Waals surface area contributed by atoms with Gasteiger partial charge in [0.05, 0.1) is 18.6 Å². The van der Waals surface area contributed by atoms with Gasteiger partial charge in [-0.05, 0) is 47.5 Å². The number of rotatable bonds is 4. The van der Waals surface area contributed by atoms with Gasteiger partial charge in [-0.3, -0.25) is 10.1 Å². The number of ether oxygens (including phenoxy) is 2. The van der Waals surface area contributed by atoms with Crippen molar-refractivity contribution in [3.8, 4) is 5.75 Å². The molecule has 2 aliphatic heterocycles. The van der Waals surface area contributed by atoms with Crippen LogP contribution in [0.5, 0.6) is 5.75 Å². The third kappa shape index (κ3) is 2.51. The zero-order chi connectivity index (χ0) is 19.2. The highest BCUT2D eigenvalue weighted by Crippen LogP contribution is 2.55. The second-order valence-corrected chi connectivity index (χ2v) is 7.39. The van der Waals surface area contributed by atoms with Gasteiger partial charge in [-0.1, -0.05) is 19.9 Å². The third-order valence-electron chi connectivity index (χ3n) is 5.71. The Balaban J connectivity index is 1.73. The summed E-state index contributed by atoms with van der Waals surface area (Å²) in [7, 11) is 1.67. The minimum absolute atomic E-state index is 0.0877. The monoisotopic (exact) mass is 366 g/mol. The van der Waals surface area contributed by atoms with Crippen LogP contribution >= 0.6 is 0 Å². The van der Waals surface area contributed by atoms with Crippen LogP contribution in [0.4, 0.5) is 11.4 Å². The topological polar surface area (TPSA) is 64.8 Å². The maximum Gasteiger partial charge on any atom is 0.269 e. The minimum Gasteiger partial charge on any atom is -0.497 e. The molecule has 27 heavy (non-hydrogen) atoms. The van der Waals surface area contributed by atoms with E-state index in [2.05, 4.69) is 37.0 Å². The van der Waals surface area contributed by atoms with E-state index >= 15 is 0 Å². The fourth-order valence-electron chi connectivity index (χ4n) is 4.19. The highest BCUT2D eigenvalue weighted by Gasteiger charge is 2.59. The van der Waals surface area contributed by atoms with Crippen molar-refractivity contribution < 1.29 is 14.4 Å². The molecule has 2 aromatic carbocycles. The van der Waals surface area contributed by atoms with Crippen molar-refractivity contribution in [2.75, 3.05) is 25.2 Å². The van der Waals surface area contributed by atoms with E-state index in [-0.39, 0.29) is 11.1 Å². The molecule has 2 aliphatic rings. The lowest BCUT2D eigenvalue weighted by Crippen LogP contribution is -2.51. The third-order valence-corrected chi connectivity index (χ3v) is 5.71. The summed E-state index contributed by atoms with van der Waals surface area (Å²) in [5.41, 5.74) is 2.45. The summed E-state index contributed by atoms with van der Waals surface area (Å²) < 4.78 is 11.7. The fourth-order valence-corrected chi connectivity index (χ4v) is 4.19. The molecule has 0 N–H and O–H groups in total. The lowest BCUT2D eigenvalue weighted by molar-refractivity contribution is -0.384. The maximum absolute atomic E-state index is 10.8. The maximum atomic E-state index is 10.8. The number of nitro benzene ring substituents is 1. The predicted octanol–water partition coefficient (Wildman–Crippen LogP) is 4.14. The second-order valence-electron chi connectivity index (χ2n) is 7.39. The van der Waals surface area contributed by atoms with Crippen LogP contribution in [0.2, 0.25) is 0 Å². The lowest BCUT2D eigenvalue weighted by Gasteiger charge is -2.39. The highest BCUT2D eigenvalue weighted by molar-refractivity contribution is 5.71. The van der Waals surface area contributed by atoms with E-state index in [9.17, 15) is 10.1 Å². The number of methoxy groups -OCH3 is 1. The quantitative estimate of drug-likeness (QED) is 0.601. The average Bonchev–Trinajstić information content (AvgIpc) is 3.17. The van der Waals surface area contributed by atoms with Gasteiger partial charge in [0.15, 0.2) is 5.72 Å². The first-order valence-corrected chi connectivity index (χ1v) is 8.93. The Morgan fingerprint density at radius 2 is 1.96 bits per heavy atom. The van der Waals surface area contributed by atoms with Gasteiger partial charge in [-0.2, -0.15) is 0 Å². The lowest BCUT2D eigenvalue weighted by atomic mass is 9.77. The normalized spacial score (nSPS) is 22.7. The number of benzene rings is 2. The molecule has 0 spiro atoms. The first-order chi connectivity index (χ1) is 12.9. The van der Waals surface area contributed by atoms with Crippen molar-refractivity contribution in [2.45, 2.75) is 25.0 Å². The van der Waals surface area contributed by atoms with Gasteiger partial charge in [-0.25, -0.2) is 0 Å². The Morgan fingerprint density at radius 3 is 2.63 bits per heavy atom. The van der Waals surface area contributed by atoms with Gasteiger partial charge < -0.3 is 14.4 Å². The standard InChI is InChI=1S/C21H22N2O4/c1-20(2)18-14-17(26-3)8-9-19(18)22-12-13-27-21(20,22)11-10-15-4-6-16(7-5-15)23(24)25/h4-11,14H,12-13H2,1-3H3. The largest absolute Gasteiger partial charge is 0.497 e. The molecule has 140 valence electrons. The van der Waals surface area contributed by atoms with E-state index in [0.29, 0.717) is 6.61 Å². The Labute approximate surface area is 158 Å². The summed E-state index contributed by atoms with van der Waals surface area (Å²) in [5, 5.41) is 10.8. The predicted molar refractivity (Wildman–Crippen MR) is 104 cm³/mol. The van der Waals surface area contributed by atoms with Crippen LogP contribution in [0.3, 0.4) is 0 Å². The molecule has 1 fully saturated rings. The SMILES string of the molecule is COc1ccc2c(c1)C(C)(C)C1(C=Cc3ccc([N+](=O)[O-])cc3)OCCN21. The van der Waals surface area contributed by atoms with Crippen LogP contribution in [0.25, 0.3) is 6.08 Å². The smallest absolute Gasteiger partial charge is 0.269 e. The van der Waals surface area contributed by atoms with Crippen LogP contribution < -0.4 is 9.64 Å². The van der Waals surface area contributed by atoms with E-state index < -0.39 is 10.6 Å². The number of non-ortho nitro benzene ring substituents is 1. The second kappa shape index (κ2) is 6.09. The fraction of sp³-hybridized carbons (Fsp3) is 0.333. The molecule has 0 saturated carbocycles. The summed E-state index contributed by atoms with van der Waals surface area (Å²) in [6.45, 7) is 5.82. The Morgan fingerprint density at radius 1 is 1.22 bits per heavy atom.